The Hall–Kier alpha value is -3.42. The molecule has 196 valence electrons. The van der Waals surface area contributed by atoms with Gasteiger partial charge in [0.2, 0.25) is 5.91 Å². The number of fused-ring (bicyclic) bond motifs is 1. The summed E-state index contributed by atoms with van der Waals surface area (Å²) in [4.78, 5) is 25.4. The molecule has 0 radical (unpaired) electrons. The molecule has 0 atom stereocenters. The van der Waals surface area contributed by atoms with Crippen LogP contribution in [0.2, 0.25) is 5.02 Å². The SMILES string of the molecule is C=C/C=C(/c1cc(C)nc2c(OCc3c(Cl)cncc3CN(CCO)C(=O)C(C)C)cccc12)N(C)C. The van der Waals surface area contributed by atoms with Gasteiger partial charge < -0.3 is 19.6 Å². The summed E-state index contributed by atoms with van der Waals surface area (Å²) in [6, 6.07) is 7.92. The van der Waals surface area contributed by atoms with Gasteiger partial charge in [-0.3, -0.25) is 9.78 Å². The van der Waals surface area contributed by atoms with Crippen molar-refractivity contribution in [2.24, 2.45) is 5.92 Å². The van der Waals surface area contributed by atoms with Crippen molar-refractivity contribution in [2.45, 2.75) is 33.9 Å². The molecular weight excluding hydrogens is 488 g/mol. The molecular formula is C29H35ClN4O3. The number of hydrogen-bond donors (Lipinski definition) is 1. The number of amides is 1. The van der Waals surface area contributed by atoms with Crippen molar-refractivity contribution in [2.75, 3.05) is 27.2 Å². The third kappa shape index (κ3) is 6.67. The molecule has 2 aromatic heterocycles. The van der Waals surface area contributed by atoms with E-state index in [-0.39, 0.29) is 38.1 Å². The maximum Gasteiger partial charge on any atom is 0.225 e. The van der Waals surface area contributed by atoms with E-state index in [1.54, 1.807) is 23.4 Å². The van der Waals surface area contributed by atoms with Crippen LogP contribution < -0.4 is 4.74 Å². The van der Waals surface area contributed by atoms with Crippen molar-refractivity contribution in [1.29, 1.82) is 0 Å². The van der Waals surface area contributed by atoms with Gasteiger partial charge in [0.25, 0.3) is 0 Å². The number of pyridine rings is 2. The summed E-state index contributed by atoms with van der Waals surface area (Å²) < 4.78 is 6.31. The highest BCUT2D eigenvalue weighted by atomic mass is 35.5. The molecule has 3 aromatic rings. The number of ether oxygens (including phenoxy) is 1. The van der Waals surface area contributed by atoms with E-state index in [4.69, 9.17) is 21.3 Å². The molecule has 0 aliphatic carbocycles. The molecule has 0 bridgehead atoms. The Labute approximate surface area is 224 Å². The summed E-state index contributed by atoms with van der Waals surface area (Å²) in [5, 5.41) is 10.9. The second-order valence-corrected chi connectivity index (χ2v) is 9.74. The van der Waals surface area contributed by atoms with Crippen LogP contribution in [0.15, 0.2) is 55.4 Å². The van der Waals surface area contributed by atoms with Crippen LogP contribution in [0.1, 0.15) is 36.2 Å². The predicted octanol–water partition coefficient (Wildman–Crippen LogP) is 5.24. The van der Waals surface area contributed by atoms with Gasteiger partial charge in [-0.15, -0.1) is 0 Å². The van der Waals surface area contributed by atoms with E-state index in [9.17, 15) is 9.90 Å². The van der Waals surface area contributed by atoms with Crippen LogP contribution in [0.25, 0.3) is 16.6 Å². The summed E-state index contributed by atoms with van der Waals surface area (Å²) in [6.45, 7) is 10.0. The number of carbonyl (C=O) groups excluding carboxylic acids is 1. The van der Waals surface area contributed by atoms with E-state index in [1.807, 2.05) is 64.0 Å². The van der Waals surface area contributed by atoms with Gasteiger partial charge in [0.1, 0.15) is 17.9 Å². The van der Waals surface area contributed by atoms with E-state index in [1.165, 1.54) is 0 Å². The first kappa shape index (κ1) is 28.2. The number of para-hydroxylation sites is 1. The Morgan fingerprint density at radius 2 is 2.03 bits per heavy atom. The van der Waals surface area contributed by atoms with Gasteiger partial charge in [0.15, 0.2) is 0 Å². The fourth-order valence-electron chi connectivity index (χ4n) is 4.18. The van der Waals surface area contributed by atoms with E-state index in [2.05, 4.69) is 17.6 Å². The molecule has 0 unspecified atom stereocenters. The minimum absolute atomic E-state index is 0.0496. The number of allylic oxidation sites excluding steroid dienone is 2. The van der Waals surface area contributed by atoms with E-state index >= 15 is 0 Å². The molecule has 0 saturated heterocycles. The van der Waals surface area contributed by atoms with E-state index in [0.717, 1.165) is 39.0 Å². The Balaban J connectivity index is 1.99. The molecule has 1 amide bonds. The van der Waals surface area contributed by atoms with Crippen LogP contribution in [0.5, 0.6) is 5.75 Å². The summed E-state index contributed by atoms with van der Waals surface area (Å²) in [5.74, 6) is 0.384. The van der Waals surface area contributed by atoms with Crippen LogP contribution >= 0.6 is 11.6 Å². The van der Waals surface area contributed by atoms with Crippen molar-refractivity contribution >= 4 is 34.1 Å². The van der Waals surface area contributed by atoms with Gasteiger partial charge in [-0.2, -0.15) is 0 Å². The number of nitrogens with zero attached hydrogens (tertiary/aromatic N) is 4. The maximum atomic E-state index is 12.7. The molecule has 0 spiro atoms. The Morgan fingerprint density at radius 3 is 2.68 bits per heavy atom. The number of aliphatic hydroxyl groups excluding tert-OH is 1. The predicted molar refractivity (Wildman–Crippen MR) is 149 cm³/mol. The van der Waals surface area contributed by atoms with Gasteiger partial charge in [0, 0.05) is 73.4 Å². The molecule has 1 aromatic carbocycles. The average molecular weight is 523 g/mol. The molecule has 3 rings (SSSR count). The summed E-state index contributed by atoms with van der Waals surface area (Å²) in [7, 11) is 3.99. The largest absolute Gasteiger partial charge is 0.487 e. The summed E-state index contributed by atoms with van der Waals surface area (Å²) in [6.07, 6.45) is 7.00. The number of benzene rings is 1. The first-order chi connectivity index (χ1) is 17.7. The Bertz CT molecular complexity index is 1300. The number of aromatic nitrogens is 2. The third-order valence-corrected chi connectivity index (χ3v) is 6.29. The molecule has 1 N–H and O–H groups in total. The number of aryl methyl sites for hydroxylation is 1. The summed E-state index contributed by atoms with van der Waals surface area (Å²) in [5.41, 5.74) is 5.17. The topological polar surface area (TPSA) is 78.8 Å². The van der Waals surface area contributed by atoms with Gasteiger partial charge in [0.05, 0.1) is 11.6 Å². The number of halogens is 1. The monoisotopic (exact) mass is 522 g/mol. The highest BCUT2D eigenvalue weighted by molar-refractivity contribution is 6.31. The average Bonchev–Trinajstić information content (AvgIpc) is 2.85. The van der Waals surface area contributed by atoms with Crippen molar-refractivity contribution in [3.8, 4) is 5.75 Å². The highest BCUT2D eigenvalue weighted by Gasteiger charge is 2.20. The fraction of sp³-hybridized carbons (Fsp3) is 0.345. The van der Waals surface area contributed by atoms with E-state index in [0.29, 0.717) is 10.8 Å². The zero-order valence-electron chi connectivity index (χ0n) is 22.2. The number of rotatable bonds is 11. The van der Waals surface area contributed by atoms with Crippen LogP contribution in [0.4, 0.5) is 0 Å². The lowest BCUT2D eigenvalue weighted by Gasteiger charge is -2.25. The minimum Gasteiger partial charge on any atom is -0.487 e. The first-order valence-electron chi connectivity index (χ1n) is 12.2. The lowest BCUT2D eigenvalue weighted by atomic mass is 10.0. The van der Waals surface area contributed by atoms with Gasteiger partial charge >= 0.3 is 0 Å². The Morgan fingerprint density at radius 1 is 1.27 bits per heavy atom. The minimum atomic E-state index is -0.195. The molecule has 0 saturated carbocycles. The smallest absolute Gasteiger partial charge is 0.225 e. The second kappa shape index (κ2) is 12.7. The zero-order chi connectivity index (χ0) is 27.1. The van der Waals surface area contributed by atoms with Crippen LogP contribution in [0, 0.1) is 12.8 Å². The van der Waals surface area contributed by atoms with Crippen molar-refractivity contribution in [1.82, 2.24) is 19.8 Å². The van der Waals surface area contributed by atoms with Crippen LogP contribution in [-0.2, 0) is 17.9 Å². The highest BCUT2D eigenvalue weighted by Crippen LogP contribution is 2.33. The number of carbonyl (C=O) groups is 1. The fourth-order valence-corrected chi connectivity index (χ4v) is 4.41. The maximum absolute atomic E-state index is 12.7. The summed E-state index contributed by atoms with van der Waals surface area (Å²) >= 11 is 6.54. The molecule has 8 heteroatoms. The van der Waals surface area contributed by atoms with Crippen molar-refractivity contribution in [3.63, 3.8) is 0 Å². The molecule has 2 heterocycles. The van der Waals surface area contributed by atoms with E-state index < -0.39 is 0 Å². The molecule has 0 aliphatic rings. The van der Waals surface area contributed by atoms with Crippen LogP contribution in [0.3, 0.4) is 0 Å². The van der Waals surface area contributed by atoms with Gasteiger partial charge in [-0.25, -0.2) is 4.98 Å². The second-order valence-electron chi connectivity index (χ2n) is 9.33. The Kier molecular flexibility index (Phi) is 9.66. The molecule has 7 nitrogen and oxygen atoms in total. The quantitative estimate of drug-likeness (QED) is 0.347. The first-order valence-corrected chi connectivity index (χ1v) is 12.6. The molecule has 37 heavy (non-hydrogen) atoms. The van der Waals surface area contributed by atoms with Crippen molar-refractivity contribution in [3.05, 3.63) is 82.8 Å². The number of hydrogen-bond acceptors (Lipinski definition) is 6. The van der Waals surface area contributed by atoms with Crippen molar-refractivity contribution < 1.29 is 14.6 Å². The number of aliphatic hydroxyl groups is 1. The third-order valence-electron chi connectivity index (χ3n) is 5.97. The van der Waals surface area contributed by atoms with Crippen LogP contribution in [-0.4, -0.2) is 58.0 Å². The normalized spacial score (nSPS) is 11.6. The van der Waals surface area contributed by atoms with Gasteiger partial charge in [-0.1, -0.05) is 50.2 Å². The standard InChI is InChI=1S/C29H35ClN4O3/c1-7-9-26(33(5)6)23-14-20(4)32-28-22(23)10-8-11-27(28)37-18-24-21(15-31-16-25(24)30)17-34(12-13-35)29(36)19(2)3/h7-11,14-16,19,35H,1,12-13,17-18H2,2-6H3/b26-9-. The molecule has 0 fully saturated rings. The lowest BCUT2D eigenvalue weighted by Crippen LogP contribution is -2.36. The van der Waals surface area contributed by atoms with Gasteiger partial charge in [-0.05, 0) is 30.7 Å². The molecule has 0 aliphatic heterocycles. The lowest BCUT2D eigenvalue weighted by molar-refractivity contribution is -0.135. The zero-order valence-corrected chi connectivity index (χ0v) is 22.9.